The van der Waals surface area contributed by atoms with Gasteiger partial charge in [-0.15, -0.1) is 11.3 Å². The Bertz CT molecular complexity index is 604. The number of anilines is 1. The van der Waals surface area contributed by atoms with Crippen molar-refractivity contribution in [3.05, 3.63) is 11.1 Å². The molecule has 1 aromatic rings. The number of thiazole rings is 1. The summed E-state index contributed by atoms with van der Waals surface area (Å²) in [6.45, 7) is 5.10. The fourth-order valence-electron chi connectivity index (χ4n) is 4.02. The molecule has 1 aliphatic carbocycles. The van der Waals surface area contributed by atoms with E-state index in [2.05, 4.69) is 15.2 Å². The number of rotatable bonds is 3. The van der Waals surface area contributed by atoms with Crippen molar-refractivity contribution >= 4 is 28.4 Å². The zero-order chi connectivity index (χ0) is 17.8. The van der Waals surface area contributed by atoms with E-state index in [1.54, 1.807) is 13.1 Å². The lowest BCUT2D eigenvalue weighted by Gasteiger charge is -2.43. The number of hydrogen-bond acceptors (Lipinski definition) is 4. The molecule has 3 rings (SSSR count). The molecule has 0 atom stereocenters. The number of carbonyl (C=O) groups excluding carboxylic acids is 2. The van der Waals surface area contributed by atoms with Crippen LogP contribution in [0.4, 0.5) is 9.93 Å². The third-order valence-corrected chi connectivity index (χ3v) is 6.17. The molecule has 25 heavy (non-hydrogen) atoms. The highest BCUT2D eigenvalue weighted by atomic mass is 32.1. The highest BCUT2D eigenvalue weighted by Crippen LogP contribution is 2.29. The number of nitrogens with zero attached hydrogens (tertiary/aromatic N) is 3. The number of aryl methyl sites for hydroxylation is 1. The van der Waals surface area contributed by atoms with Gasteiger partial charge in [-0.05, 0) is 32.6 Å². The largest absolute Gasteiger partial charge is 0.343 e. The standard InChI is InChI=1S/C18H28N4O2S/c1-13-12-19-17(25-13)20-18(24)22(15-6-4-3-5-7-15)16-8-10-21(11-9-16)14(2)23/h12,15-16H,3-11H2,1-2H3,(H,19,20,24). The maximum absolute atomic E-state index is 13.0. The van der Waals surface area contributed by atoms with E-state index in [4.69, 9.17) is 0 Å². The Morgan fingerprint density at radius 2 is 1.80 bits per heavy atom. The lowest BCUT2D eigenvalue weighted by atomic mass is 9.91. The van der Waals surface area contributed by atoms with Crippen molar-refractivity contribution < 1.29 is 9.59 Å². The Morgan fingerprint density at radius 3 is 2.36 bits per heavy atom. The van der Waals surface area contributed by atoms with Crippen LogP contribution in [0.1, 0.15) is 56.7 Å². The fourth-order valence-corrected chi connectivity index (χ4v) is 4.67. The van der Waals surface area contributed by atoms with Gasteiger partial charge in [-0.2, -0.15) is 0 Å². The molecular formula is C18H28N4O2S. The number of piperidine rings is 1. The number of aromatic nitrogens is 1. The monoisotopic (exact) mass is 364 g/mol. The van der Waals surface area contributed by atoms with E-state index in [1.807, 2.05) is 11.8 Å². The van der Waals surface area contributed by atoms with Gasteiger partial charge in [0, 0.05) is 43.2 Å². The van der Waals surface area contributed by atoms with Crippen molar-refractivity contribution in [1.29, 1.82) is 0 Å². The topological polar surface area (TPSA) is 65.5 Å². The smallest absolute Gasteiger partial charge is 0.324 e. The zero-order valence-electron chi connectivity index (χ0n) is 15.2. The Kier molecular flexibility index (Phi) is 5.93. The molecule has 1 N–H and O–H groups in total. The predicted molar refractivity (Wildman–Crippen MR) is 99.9 cm³/mol. The van der Waals surface area contributed by atoms with Gasteiger partial charge in [-0.1, -0.05) is 19.3 Å². The van der Waals surface area contributed by atoms with Gasteiger partial charge in [0.25, 0.3) is 0 Å². The highest BCUT2D eigenvalue weighted by Gasteiger charge is 2.34. The van der Waals surface area contributed by atoms with E-state index < -0.39 is 0 Å². The van der Waals surface area contributed by atoms with Gasteiger partial charge in [-0.25, -0.2) is 9.78 Å². The second-order valence-corrected chi connectivity index (χ2v) is 8.38. The number of nitrogens with one attached hydrogen (secondary N) is 1. The van der Waals surface area contributed by atoms with Crippen molar-refractivity contribution in [2.24, 2.45) is 0 Å². The maximum atomic E-state index is 13.0. The van der Waals surface area contributed by atoms with E-state index in [9.17, 15) is 9.59 Å². The molecule has 7 heteroatoms. The predicted octanol–water partition coefficient (Wildman–Crippen LogP) is 3.63. The number of hydrogen-bond donors (Lipinski definition) is 1. The molecule has 0 radical (unpaired) electrons. The van der Waals surface area contributed by atoms with E-state index in [1.165, 1.54) is 30.6 Å². The summed E-state index contributed by atoms with van der Waals surface area (Å²) in [6, 6.07) is 0.492. The van der Waals surface area contributed by atoms with E-state index >= 15 is 0 Å². The van der Waals surface area contributed by atoms with E-state index in [-0.39, 0.29) is 18.0 Å². The van der Waals surface area contributed by atoms with Gasteiger partial charge in [0.2, 0.25) is 5.91 Å². The third kappa shape index (κ3) is 4.51. The Morgan fingerprint density at radius 1 is 1.16 bits per heavy atom. The Hall–Kier alpha value is -1.63. The average Bonchev–Trinajstić information content (AvgIpc) is 3.01. The molecule has 1 aromatic heterocycles. The summed E-state index contributed by atoms with van der Waals surface area (Å²) in [4.78, 5) is 33.9. The van der Waals surface area contributed by atoms with E-state index in [0.717, 1.165) is 43.6 Å². The summed E-state index contributed by atoms with van der Waals surface area (Å²) < 4.78 is 0. The molecule has 2 heterocycles. The van der Waals surface area contributed by atoms with Crippen molar-refractivity contribution in [3.8, 4) is 0 Å². The summed E-state index contributed by atoms with van der Waals surface area (Å²) in [5, 5.41) is 3.68. The van der Waals surface area contributed by atoms with Crippen LogP contribution in [0.3, 0.4) is 0 Å². The maximum Gasteiger partial charge on any atom is 0.324 e. The molecule has 0 bridgehead atoms. The first-order valence-electron chi connectivity index (χ1n) is 9.32. The van der Waals surface area contributed by atoms with Gasteiger partial charge in [-0.3, -0.25) is 10.1 Å². The zero-order valence-corrected chi connectivity index (χ0v) is 16.0. The van der Waals surface area contributed by atoms with Crippen LogP contribution in [-0.2, 0) is 4.79 Å². The second kappa shape index (κ2) is 8.17. The first-order chi connectivity index (χ1) is 12.0. The second-order valence-electron chi connectivity index (χ2n) is 7.14. The van der Waals surface area contributed by atoms with Crippen LogP contribution in [0, 0.1) is 6.92 Å². The summed E-state index contributed by atoms with van der Waals surface area (Å²) in [6.07, 6.45) is 9.32. The lowest BCUT2D eigenvalue weighted by molar-refractivity contribution is -0.130. The number of amides is 3. The molecular weight excluding hydrogens is 336 g/mol. The minimum absolute atomic E-state index is 0.0254. The summed E-state index contributed by atoms with van der Waals surface area (Å²) in [5.74, 6) is 0.130. The lowest BCUT2D eigenvalue weighted by Crippen LogP contribution is -2.54. The van der Waals surface area contributed by atoms with Gasteiger partial charge in [0.1, 0.15) is 0 Å². The van der Waals surface area contributed by atoms with Crippen LogP contribution < -0.4 is 5.32 Å². The SMILES string of the molecule is CC(=O)N1CCC(N(C(=O)Nc2ncc(C)s2)C2CCCCC2)CC1. The average molecular weight is 365 g/mol. The molecule has 138 valence electrons. The van der Waals surface area contributed by atoms with Crippen molar-refractivity contribution in [3.63, 3.8) is 0 Å². The van der Waals surface area contributed by atoms with Crippen LogP contribution in [-0.4, -0.2) is 51.9 Å². The van der Waals surface area contributed by atoms with E-state index in [0.29, 0.717) is 11.2 Å². The number of carbonyl (C=O) groups is 2. The molecule has 2 aliphatic rings. The van der Waals surface area contributed by atoms with Crippen LogP contribution in [0.5, 0.6) is 0 Å². The molecule has 0 unspecified atom stereocenters. The fraction of sp³-hybridized carbons (Fsp3) is 0.722. The number of likely N-dealkylation sites (tertiary alicyclic amines) is 1. The van der Waals surface area contributed by atoms with Crippen LogP contribution in [0.25, 0.3) is 0 Å². The van der Waals surface area contributed by atoms with Crippen molar-refractivity contribution in [1.82, 2.24) is 14.8 Å². The summed E-state index contributed by atoms with van der Waals surface area (Å²) in [7, 11) is 0. The first kappa shape index (κ1) is 18.2. The van der Waals surface area contributed by atoms with Crippen LogP contribution in [0.2, 0.25) is 0 Å². The van der Waals surface area contributed by atoms with Gasteiger partial charge >= 0.3 is 6.03 Å². The Balaban J connectivity index is 1.70. The minimum atomic E-state index is -0.0254. The molecule has 0 aromatic carbocycles. The highest BCUT2D eigenvalue weighted by molar-refractivity contribution is 7.15. The van der Waals surface area contributed by atoms with Crippen LogP contribution in [0.15, 0.2) is 6.20 Å². The van der Waals surface area contributed by atoms with Gasteiger partial charge < -0.3 is 9.80 Å². The molecule has 1 saturated heterocycles. The first-order valence-corrected chi connectivity index (χ1v) is 10.1. The molecule has 2 fully saturated rings. The van der Waals surface area contributed by atoms with Crippen LogP contribution >= 0.6 is 11.3 Å². The molecule has 3 amide bonds. The third-order valence-electron chi connectivity index (χ3n) is 5.34. The van der Waals surface area contributed by atoms with Gasteiger partial charge in [0.15, 0.2) is 5.13 Å². The van der Waals surface area contributed by atoms with Gasteiger partial charge in [0.05, 0.1) is 0 Å². The number of urea groups is 1. The summed E-state index contributed by atoms with van der Waals surface area (Å²) >= 11 is 1.51. The Labute approximate surface area is 153 Å². The molecule has 0 spiro atoms. The normalized spacial score (nSPS) is 19.7. The molecule has 6 nitrogen and oxygen atoms in total. The van der Waals surface area contributed by atoms with Crippen molar-refractivity contribution in [2.75, 3.05) is 18.4 Å². The molecule has 1 saturated carbocycles. The minimum Gasteiger partial charge on any atom is -0.343 e. The molecule has 1 aliphatic heterocycles. The quantitative estimate of drug-likeness (QED) is 0.891. The van der Waals surface area contributed by atoms with Crippen molar-refractivity contribution in [2.45, 2.75) is 70.9 Å². The summed E-state index contributed by atoms with van der Waals surface area (Å²) in [5.41, 5.74) is 0.